The van der Waals surface area contributed by atoms with Crippen LogP contribution in [0.4, 0.5) is 0 Å². The van der Waals surface area contributed by atoms with E-state index in [1.54, 1.807) is 0 Å². The molecule has 0 saturated heterocycles. The molecule has 4 heteroatoms. The summed E-state index contributed by atoms with van der Waals surface area (Å²) < 4.78 is 0. The van der Waals surface area contributed by atoms with E-state index in [1.165, 1.54) is 212 Å². The molecular weight excluding hydrogens is 663 g/mol. The molecule has 0 aliphatic carbocycles. The van der Waals surface area contributed by atoms with Crippen LogP contribution < -0.4 is 5.32 Å². The van der Waals surface area contributed by atoms with Crippen LogP contribution in [0.1, 0.15) is 271 Å². The smallest absolute Gasteiger partial charge is 0.220 e. The first-order valence-corrected chi connectivity index (χ1v) is 24.5. The highest BCUT2D eigenvalue weighted by molar-refractivity contribution is 5.76. The Morgan fingerprint density at radius 1 is 0.444 bits per heavy atom. The number of aliphatic hydroxyl groups excluding tert-OH is 2. The Hall–Kier alpha value is -1.13. The molecule has 0 aromatic rings. The minimum atomic E-state index is -0.658. The zero-order valence-corrected chi connectivity index (χ0v) is 36.8. The van der Waals surface area contributed by atoms with Crippen LogP contribution in [0.25, 0.3) is 0 Å². The predicted octanol–water partition coefficient (Wildman–Crippen LogP) is 15.6. The molecule has 0 rings (SSSR count). The molecule has 0 spiro atoms. The van der Waals surface area contributed by atoms with Crippen LogP contribution in [0, 0.1) is 0 Å². The van der Waals surface area contributed by atoms with Gasteiger partial charge in [0, 0.05) is 6.42 Å². The van der Waals surface area contributed by atoms with E-state index >= 15 is 0 Å². The SMILES string of the molecule is CCCCCCC/C=C\C/C=C\CCCCCCCCCCCCCCCC(=O)NC(CO)C(O)CCCCCCCCCCCCCCCCCCC. The Balaban J connectivity index is 3.47. The van der Waals surface area contributed by atoms with E-state index in [0.717, 1.165) is 32.1 Å². The third kappa shape index (κ3) is 42.0. The molecule has 0 aliphatic rings. The fourth-order valence-corrected chi connectivity index (χ4v) is 7.69. The van der Waals surface area contributed by atoms with Gasteiger partial charge in [-0.3, -0.25) is 4.79 Å². The lowest BCUT2D eigenvalue weighted by Gasteiger charge is -2.22. The number of aliphatic hydroxyl groups is 2. The highest BCUT2D eigenvalue weighted by Crippen LogP contribution is 2.17. The summed E-state index contributed by atoms with van der Waals surface area (Å²) >= 11 is 0. The first kappa shape index (κ1) is 52.9. The van der Waals surface area contributed by atoms with Crippen molar-refractivity contribution in [2.45, 2.75) is 283 Å². The van der Waals surface area contributed by atoms with Gasteiger partial charge in [-0.05, 0) is 44.9 Å². The molecule has 0 aliphatic heterocycles. The van der Waals surface area contributed by atoms with Crippen molar-refractivity contribution in [3.63, 3.8) is 0 Å². The molecule has 0 saturated carbocycles. The van der Waals surface area contributed by atoms with E-state index < -0.39 is 12.1 Å². The summed E-state index contributed by atoms with van der Waals surface area (Å²) in [7, 11) is 0. The Kier molecular flexibility index (Phi) is 45.3. The second kappa shape index (κ2) is 46.3. The number of allylic oxidation sites excluding steroid dienone is 4. The number of rotatable bonds is 45. The van der Waals surface area contributed by atoms with Crippen LogP contribution in [0.15, 0.2) is 24.3 Å². The van der Waals surface area contributed by atoms with Crippen LogP contribution >= 0.6 is 0 Å². The van der Waals surface area contributed by atoms with E-state index in [9.17, 15) is 15.0 Å². The largest absolute Gasteiger partial charge is 0.394 e. The van der Waals surface area contributed by atoms with Crippen molar-refractivity contribution >= 4 is 5.91 Å². The van der Waals surface area contributed by atoms with Gasteiger partial charge in [0.25, 0.3) is 0 Å². The van der Waals surface area contributed by atoms with E-state index in [4.69, 9.17) is 0 Å². The van der Waals surface area contributed by atoms with Crippen molar-refractivity contribution in [1.82, 2.24) is 5.32 Å². The molecule has 320 valence electrons. The summed E-state index contributed by atoms with van der Waals surface area (Å²) in [6.45, 7) is 4.37. The second-order valence-electron chi connectivity index (χ2n) is 16.9. The minimum absolute atomic E-state index is 0.0292. The molecule has 2 unspecified atom stereocenters. The summed E-state index contributed by atoms with van der Waals surface area (Å²) in [6.07, 6.45) is 59.8. The van der Waals surface area contributed by atoms with Gasteiger partial charge in [-0.1, -0.05) is 244 Å². The molecule has 54 heavy (non-hydrogen) atoms. The first-order chi connectivity index (χ1) is 26.7. The molecule has 4 nitrogen and oxygen atoms in total. The molecule has 0 radical (unpaired) electrons. The van der Waals surface area contributed by atoms with Gasteiger partial charge in [0.2, 0.25) is 5.91 Å². The number of unbranched alkanes of at least 4 members (excludes halogenated alkanes) is 34. The monoisotopic (exact) mass is 760 g/mol. The van der Waals surface area contributed by atoms with Gasteiger partial charge in [0.1, 0.15) is 0 Å². The predicted molar refractivity (Wildman–Crippen MR) is 239 cm³/mol. The lowest BCUT2D eigenvalue weighted by molar-refractivity contribution is -0.123. The maximum atomic E-state index is 12.4. The number of nitrogens with one attached hydrogen (secondary N) is 1. The first-order valence-electron chi connectivity index (χ1n) is 24.5. The fourth-order valence-electron chi connectivity index (χ4n) is 7.69. The standard InChI is InChI=1S/C50H97NO3/c1-3-5-7-9-11-13-15-17-19-21-22-23-24-25-26-27-28-30-32-34-36-38-40-42-44-46-50(54)51-48(47-52)49(53)45-43-41-39-37-35-33-31-29-20-18-16-14-12-10-8-6-4-2/h15,17,21-22,48-49,52-53H,3-14,16,18-20,23-47H2,1-2H3,(H,51,54)/b17-15-,22-21-. The highest BCUT2D eigenvalue weighted by atomic mass is 16.3. The minimum Gasteiger partial charge on any atom is -0.394 e. The quantitative estimate of drug-likeness (QED) is 0.0428. The summed E-state index contributed by atoms with van der Waals surface area (Å²) in [5, 5.41) is 23.2. The normalized spacial score (nSPS) is 13.0. The van der Waals surface area contributed by atoms with Crippen LogP contribution in [0.3, 0.4) is 0 Å². The summed E-state index contributed by atoms with van der Waals surface area (Å²) in [5.74, 6) is -0.0292. The van der Waals surface area contributed by atoms with Gasteiger partial charge < -0.3 is 15.5 Å². The fraction of sp³-hybridized carbons (Fsp3) is 0.900. The zero-order chi connectivity index (χ0) is 39.3. The molecule has 0 bridgehead atoms. The molecule has 2 atom stereocenters. The van der Waals surface area contributed by atoms with E-state index in [2.05, 4.69) is 43.5 Å². The Labute approximate surface area is 339 Å². The third-order valence-corrected chi connectivity index (χ3v) is 11.5. The van der Waals surface area contributed by atoms with Crippen molar-refractivity contribution in [1.29, 1.82) is 0 Å². The topological polar surface area (TPSA) is 69.6 Å². The average molecular weight is 760 g/mol. The Bertz CT molecular complexity index is 780. The van der Waals surface area contributed by atoms with Crippen LogP contribution in [0.5, 0.6) is 0 Å². The number of hydrogen-bond donors (Lipinski definition) is 3. The Morgan fingerprint density at radius 2 is 0.759 bits per heavy atom. The average Bonchev–Trinajstić information content (AvgIpc) is 3.18. The van der Waals surface area contributed by atoms with Crippen molar-refractivity contribution in [2.24, 2.45) is 0 Å². The van der Waals surface area contributed by atoms with E-state index in [1.807, 2.05) is 0 Å². The lowest BCUT2D eigenvalue weighted by Crippen LogP contribution is -2.45. The lowest BCUT2D eigenvalue weighted by atomic mass is 10.0. The van der Waals surface area contributed by atoms with Gasteiger partial charge in [0.15, 0.2) is 0 Å². The summed E-state index contributed by atoms with van der Waals surface area (Å²) in [5.41, 5.74) is 0. The molecule has 0 aromatic carbocycles. The highest BCUT2D eigenvalue weighted by Gasteiger charge is 2.20. The maximum Gasteiger partial charge on any atom is 0.220 e. The van der Waals surface area contributed by atoms with Gasteiger partial charge in [0.05, 0.1) is 18.8 Å². The zero-order valence-electron chi connectivity index (χ0n) is 36.8. The molecule has 1 amide bonds. The van der Waals surface area contributed by atoms with Crippen LogP contribution in [-0.4, -0.2) is 34.9 Å². The van der Waals surface area contributed by atoms with Crippen molar-refractivity contribution in [3.8, 4) is 0 Å². The number of hydrogen-bond acceptors (Lipinski definition) is 3. The second-order valence-corrected chi connectivity index (χ2v) is 16.9. The Morgan fingerprint density at radius 3 is 1.11 bits per heavy atom. The molecule has 0 fully saturated rings. The third-order valence-electron chi connectivity index (χ3n) is 11.5. The molecular formula is C50H97NO3. The summed E-state index contributed by atoms with van der Waals surface area (Å²) in [6, 6.07) is -0.534. The summed E-state index contributed by atoms with van der Waals surface area (Å²) in [4.78, 5) is 12.4. The van der Waals surface area contributed by atoms with Crippen molar-refractivity contribution < 1.29 is 15.0 Å². The van der Waals surface area contributed by atoms with Crippen LogP contribution in [-0.2, 0) is 4.79 Å². The van der Waals surface area contributed by atoms with Gasteiger partial charge in [-0.2, -0.15) is 0 Å². The number of carbonyl (C=O) groups is 1. The van der Waals surface area contributed by atoms with Crippen LogP contribution in [0.2, 0.25) is 0 Å². The van der Waals surface area contributed by atoms with Crippen molar-refractivity contribution in [2.75, 3.05) is 6.61 Å². The van der Waals surface area contributed by atoms with E-state index in [-0.39, 0.29) is 12.5 Å². The number of carbonyl (C=O) groups excluding carboxylic acids is 1. The van der Waals surface area contributed by atoms with Gasteiger partial charge in [-0.25, -0.2) is 0 Å². The molecule has 0 aromatic heterocycles. The van der Waals surface area contributed by atoms with Gasteiger partial charge in [-0.15, -0.1) is 0 Å². The van der Waals surface area contributed by atoms with E-state index in [0.29, 0.717) is 12.8 Å². The number of amides is 1. The maximum absolute atomic E-state index is 12.4. The van der Waals surface area contributed by atoms with Gasteiger partial charge >= 0.3 is 0 Å². The molecule has 0 heterocycles. The van der Waals surface area contributed by atoms with Crippen molar-refractivity contribution in [3.05, 3.63) is 24.3 Å². The molecule has 3 N–H and O–H groups in total.